The third-order valence-corrected chi connectivity index (χ3v) is 3.71. The number of benzene rings is 1. The summed E-state index contributed by atoms with van der Waals surface area (Å²) < 4.78 is 0. The van der Waals surface area contributed by atoms with Crippen molar-refractivity contribution in [2.24, 2.45) is 0 Å². The SMILES string of the molecule is CCc1ccc(CC(NC)c2ccncc2Cl)cc1. The molecule has 1 heterocycles. The fourth-order valence-electron chi connectivity index (χ4n) is 2.18. The molecule has 0 bridgehead atoms. The number of nitrogens with zero attached hydrogens (tertiary/aromatic N) is 1. The Morgan fingerprint density at radius 3 is 2.42 bits per heavy atom. The second-order valence-corrected chi connectivity index (χ2v) is 5.02. The van der Waals surface area contributed by atoms with Gasteiger partial charge in [-0.3, -0.25) is 4.98 Å². The number of nitrogens with one attached hydrogen (secondary N) is 1. The Labute approximate surface area is 119 Å². The van der Waals surface area contributed by atoms with Gasteiger partial charge in [-0.05, 0) is 42.6 Å². The molecule has 1 aromatic carbocycles. The van der Waals surface area contributed by atoms with Crippen molar-refractivity contribution in [2.75, 3.05) is 7.05 Å². The number of hydrogen-bond donors (Lipinski definition) is 1. The van der Waals surface area contributed by atoms with Gasteiger partial charge in [-0.1, -0.05) is 42.8 Å². The molecule has 0 spiro atoms. The van der Waals surface area contributed by atoms with Gasteiger partial charge in [-0.15, -0.1) is 0 Å². The van der Waals surface area contributed by atoms with Crippen LogP contribution in [0.5, 0.6) is 0 Å². The summed E-state index contributed by atoms with van der Waals surface area (Å²) in [6.45, 7) is 2.17. The highest BCUT2D eigenvalue weighted by atomic mass is 35.5. The molecule has 1 atom stereocenters. The summed E-state index contributed by atoms with van der Waals surface area (Å²) in [5, 5.41) is 4.04. The number of rotatable bonds is 5. The lowest BCUT2D eigenvalue weighted by Gasteiger charge is -2.18. The first-order chi connectivity index (χ1) is 9.24. The maximum absolute atomic E-state index is 6.21. The molecule has 0 aliphatic rings. The van der Waals surface area contributed by atoms with E-state index in [1.165, 1.54) is 11.1 Å². The van der Waals surface area contributed by atoms with Crippen molar-refractivity contribution in [1.29, 1.82) is 0 Å². The minimum absolute atomic E-state index is 0.211. The summed E-state index contributed by atoms with van der Waals surface area (Å²) in [6.07, 6.45) is 5.48. The molecule has 2 aromatic rings. The van der Waals surface area contributed by atoms with Crippen LogP contribution in [-0.2, 0) is 12.8 Å². The number of halogens is 1. The van der Waals surface area contributed by atoms with Crippen LogP contribution in [0.3, 0.4) is 0 Å². The summed E-state index contributed by atoms with van der Waals surface area (Å²) in [5.41, 5.74) is 3.77. The minimum atomic E-state index is 0.211. The molecule has 0 aliphatic heterocycles. The molecule has 1 aromatic heterocycles. The quantitative estimate of drug-likeness (QED) is 0.897. The molecule has 100 valence electrons. The van der Waals surface area contributed by atoms with Gasteiger partial charge < -0.3 is 5.32 Å². The third-order valence-electron chi connectivity index (χ3n) is 3.40. The molecule has 1 unspecified atom stereocenters. The van der Waals surface area contributed by atoms with Crippen LogP contribution in [0.25, 0.3) is 0 Å². The molecule has 0 saturated carbocycles. The van der Waals surface area contributed by atoms with E-state index in [0.29, 0.717) is 5.02 Å². The van der Waals surface area contributed by atoms with E-state index in [2.05, 4.69) is 41.5 Å². The first kappa shape index (κ1) is 14.0. The smallest absolute Gasteiger partial charge is 0.0637 e. The van der Waals surface area contributed by atoms with Gasteiger partial charge in [0.1, 0.15) is 0 Å². The predicted octanol–water partition coefficient (Wildman–Crippen LogP) is 3.80. The fourth-order valence-corrected chi connectivity index (χ4v) is 2.43. The van der Waals surface area contributed by atoms with E-state index in [9.17, 15) is 0 Å². The Hall–Kier alpha value is -1.38. The lowest BCUT2D eigenvalue weighted by molar-refractivity contribution is 0.591. The maximum atomic E-state index is 6.21. The molecule has 0 aliphatic carbocycles. The Bertz CT molecular complexity index is 523. The van der Waals surface area contributed by atoms with Gasteiger partial charge in [-0.25, -0.2) is 0 Å². The average molecular weight is 275 g/mol. The first-order valence-corrected chi connectivity index (χ1v) is 6.97. The van der Waals surface area contributed by atoms with Crippen molar-refractivity contribution in [2.45, 2.75) is 25.8 Å². The van der Waals surface area contributed by atoms with Crippen molar-refractivity contribution in [3.05, 3.63) is 64.4 Å². The maximum Gasteiger partial charge on any atom is 0.0637 e. The van der Waals surface area contributed by atoms with Gasteiger partial charge in [0.2, 0.25) is 0 Å². The minimum Gasteiger partial charge on any atom is -0.313 e. The lowest BCUT2D eigenvalue weighted by Crippen LogP contribution is -2.19. The normalized spacial score (nSPS) is 12.4. The van der Waals surface area contributed by atoms with Gasteiger partial charge in [0.15, 0.2) is 0 Å². The van der Waals surface area contributed by atoms with Crippen LogP contribution in [0.2, 0.25) is 5.02 Å². The van der Waals surface area contributed by atoms with Gasteiger partial charge in [0.05, 0.1) is 5.02 Å². The van der Waals surface area contributed by atoms with Crippen molar-refractivity contribution in [3.63, 3.8) is 0 Å². The topological polar surface area (TPSA) is 24.9 Å². The molecular weight excluding hydrogens is 256 g/mol. The Morgan fingerprint density at radius 1 is 1.16 bits per heavy atom. The van der Waals surface area contributed by atoms with Crippen molar-refractivity contribution >= 4 is 11.6 Å². The van der Waals surface area contributed by atoms with E-state index in [4.69, 9.17) is 11.6 Å². The van der Waals surface area contributed by atoms with Crippen LogP contribution in [0.15, 0.2) is 42.7 Å². The van der Waals surface area contributed by atoms with Gasteiger partial charge >= 0.3 is 0 Å². The number of likely N-dealkylation sites (N-methyl/N-ethyl adjacent to an activating group) is 1. The second-order valence-electron chi connectivity index (χ2n) is 4.61. The molecular formula is C16H19ClN2. The summed E-state index contributed by atoms with van der Waals surface area (Å²) >= 11 is 6.21. The Morgan fingerprint density at radius 2 is 1.84 bits per heavy atom. The highest BCUT2D eigenvalue weighted by molar-refractivity contribution is 6.31. The van der Waals surface area contributed by atoms with E-state index < -0.39 is 0 Å². The molecule has 3 heteroatoms. The highest BCUT2D eigenvalue weighted by Gasteiger charge is 2.13. The van der Waals surface area contributed by atoms with Crippen molar-refractivity contribution < 1.29 is 0 Å². The Kier molecular flexibility index (Phi) is 4.94. The number of aryl methyl sites for hydroxylation is 1. The number of aromatic nitrogens is 1. The largest absolute Gasteiger partial charge is 0.313 e. The van der Waals surface area contributed by atoms with Crippen LogP contribution >= 0.6 is 11.6 Å². The van der Waals surface area contributed by atoms with Gasteiger partial charge in [-0.2, -0.15) is 0 Å². The van der Waals surface area contributed by atoms with Crippen LogP contribution < -0.4 is 5.32 Å². The van der Waals surface area contributed by atoms with Gasteiger partial charge in [0.25, 0.3) is 0 Å². The summed E-state index contributed by atoms with van der Waals surface area (Å²) in [6, 6.07) is 11.0. The van der Waals surface area contributed by atoms with Gasteiger partial charge in [0, 0.05) is 18.4 Å². The third kappa shape index (κ3) is 3.55. The lowest BCUT2D eigenvalue weighted by atomic mass is 9.98. The van der Waals surface area contributed by atoms with Crippen LogP contribution in [0.1, 0.15) is 29.7 Å². The molecule has 0 fully saturated rings. The molecule has 0 amide bonds. The summed E-state index contributed by atoms with van der Waals surface area (Å²) in [5.74, 6) is 0. The standard InChI is InChI=1S/C16H19ClN2/c1-3-12-4-6-13(7-5-12)10-16(18-2)14-8-9-19-11-15(14)17/h4-9,11,16,18H,3,10H2,1-2H3. The molecule has 1 N–H and O–H groups in total. The highest BCUT2D eigenvalue weighted by Crippen LogP contribution is 2.24. The van der Waals surface area contributed by atoms with E-state index in [1.54, 1.807) is 12.4 Å². The first-order valence-electron chi connectivity index (χ1n) is 6.59. The van der Waals surface area contributed by atoms with E-state index in [1.807, 2.05) is 13.1 Å². The van der Waals surface area contributed by atoms with Crippen molar-refractivity contribution in [1.82, 2.24) is 10.3 Å². The molecule has 0 saturated heterocycles. The molecule has 2 nitrogen and oxygen atoms in total. The fraction of sp³-hybridized carbons (Fsp3) is 0.312. The van der Waals surface area contributed by atoms with Crippen LogP contribution in [-0.4, -0.2) is 12.0 Å². The number of hydrogen-bond acceptors (Lipinski definition) is 2. The zero-order chi connectivity index (χ0) is 13.7. The molecule has 2 rings (SSSR count). The van der Waals surface area contributed by atoms with Crippen LogP contribution in [0, 0.1) is 0 Å². The van der Waals surface area contributed by atoms with Crippen LogP contribution in [0.4, 0.5) is 0 Å². The second kappa shape index (κ2) is 6.69. The number of pyridine rings is 1. The van der Waals surface area contributed by atoms with E-state index in [0.717, 1.165) is 18.4 Å². The zero-order valence-electron chi connectivity index (χ0n) is 11.4. The Balaban J connectivity index is 2.17. The van der Waals surface area contributed by atoms with Crippen molar-refractivity contribution in [3.8, 4) is 0 Å². The monoisotopic (exact) mass is 274 g/mol. The summed E-state index contributed by atoms with van der Waals surface area (Å²) in [7, 11) is 1.96. The molecule has 0 radical (unpaired) electrons. The van der Waals surface area contributed by atoms with E-state index in [-0.39, 0.29) is 6.04 Å². The summed E-state index contributed by atoms with van der Waals surface area (Å²) in [4.78, 5) is 4.03. The van der Waals surface area contributed by atoms with E-state index >= 15 is 0 Å². The predicted molar refractivity (Wildman–Crippen MR) is 80.6 cm³/mol. The molecule has 19 heavy (non-hydrogen) atoms. The average Bonchev–Trinajstić information content (AvgIpc) is 2.46. The zero-order valence-corrected chi connectivity index (χ0v) is 12.1.